The van der Waals surface area contributed by atoms with Crippen LogP contribution in [0, 0.1) is 5.92 Å². The van der Waals surface area contributed by atoms with E-state index in [-0.39, 0.29) is 5.92 Å². The van der Waals surface area contributed by atoms with Gasteiger partial charge in [0.05, 0.1) is 12.2 Å². The van der Waals surface area contributed by atoms with Crippen molar-refractivity contribution in [3.63, 3.8) is 0 Å². The third-order valence-electron chi connectivity index (χ3n) is 3.35. The summed E-state index contributed by atoms with van der Waals surface area (Å²) in [6.07, 6.45) is -1.43. The molecule has 2 N–H and O–H groups in total. The molecule has 19 heavy (non-hydrogen) atoms. The standard InChI is InChI=1S/C16H17ClO2/c1-11(15(18)12-5-3-2-4-6-12)16(19)13-7-9-14(17)10-8-13/h2-11,15-16,18-19H,1H3/t11-,15+,16+/m1/s1. The monoisotopic (exact) mass is 276 g/mol. The van der Waals surface area contributed by atoms with Crippen molar-refractivity contribution in [3.05, 3.63) is 70.7 Å². The Morgan fingerprint density at radius 3 is 1.79 bits per heavy atom. The molecular formula is C16H17ClO2. The van der Waals surface area contributed by atoms with E-state index in [0.717, 1.165) is 11.1 Å². The van der Waals surface area contributed by atoms with Crippen molar-refractivity contribution < 1.29 is 10.2 Å². The van der Waals surface area contributed by atoms with Crippen LogP contribution in [0.3, 0.4) is 0 Å². The van der Waals surface area contributed by atoms with Gasteiger partial charge in [0.2, 0.25) is 0 Å². The molecule has 2 nitrogen and oxygen atoms in total. The number of halogens is 1. The average molecular weight is 277 g/mol. The summed E-state index contributed by atoms with van der Waals surface area (Å²) >= 11 is 5.82. The van der Waals surface area contributed by atoms with Crippen LogP contribution < -0.4 is 0 Å². The summed E-state index contributed by atoms with van der Waals surface area (Å²) < 4.78 is 0. The van der Waals surface area contributed by atoms with Gasteiger partial charge in [-0.15, -0.1) is 0 Å². The van der Waals surface area contributed by atoms with E-state index in [4.69, 9.17) is 11.6 Å². The summed E-state index contributed by atoms with van der Waals surface area (Å²) in [5, 5.41) is 21.2. The van der Waals surface area contributed by atoms with Crippen LogP contribution in [-0.2, 0) is 0 Å². The summed E-state index contributed by atoms with van der Waals surface area (Å²) in [5.41, 5.74) is 1.56. The fraction of sp³-hybridized carbons (Fsp3) is 0.250. The molecule has 0 saturated carbocycles. The number of hydrogen-bond acceptors (Lipinski definition) is 2. The van der Waals surface area contributed by atoms with Crippen molar-refractivity contribution in [2.45, 2.75) is 19.1 Å². The molecule has 0 aliphatic carbocycles. The molecule has 100 valence electrons. The summed E-state index contributed by atoms with van der Waals surface area (Å²) in [6, 6.07) is 16.4. The molecule has 0 bridgehead atoms. The van der Waals surface area contributed by atoms with Crippen LogP contribution in [0.25, 0.3) is 0 Å². The fourth-order valence-electron chi connectivity index (χ4n) is 2.09. The predicted molar refractivity (Wildman–Crippen MR) is 77.0 cm³/mol. The highest BCUT2D eigenvalue weighted by Crippen LogP contribution is 2.32. The molecule has 0 radical (unpaired) electrons. The Bertz CT molecular complexity index is 510. The van der Waals surface area contributed by atoms with E-state index in [0.29, 0.717) is 5.02 Å². The van der Waals surface area contributed by atoms with Gasteiger partial charge in [-0.25, -0.2) is 0 Å². The Kier molecular flexibility index (Phi) is 4.59. The van der Waals surface area contributed by atoms with Gasteiger partial charge in [0.15, 0.2) is 0 Å². The van der Waals surface area contributed by atoms with E-state index in [1.165, 1.54) is 0 Å². The minimum Gasteiger partial charge on any atom is -0.388 e. The molecule has 0 spiro atoms. The lowest BCUT2D eigenvalue weighted by Crippen LogP contribution is -2.17. The maximum absolute atomic E-state index is 10.3. The zero-order valence-electron chi connectivity index (χ0n) is 10.7. The normalized spacial score (nSPS) is 15.8. The summed E-state index contributed by atoms with van der Waals surface area (Å²) in [7, 11) is 0. The van der Waals surface area contributed by atoms with E-state index in [1.807, 2.05) is 37.3 Å². The second-order valence-corrected chi connectivity index (χ2v) is 5.15. The molecule has 0 saturated heterocycles. The Hall–Kier alpha value is -1.35. The van der Waals surface area contributed by atoms with Crippen LogP contribution in [0.5, 0.6) is 0 Å². The quantitative estimate of drug-likeness (QED) is 0.893. The van der Waals surface area contributed by atoms with Crippen LogP contribution in [0.15, 0.2) is 54.6 Å². The fourth-order valence-corrected chi connectivity index (χ4v) is 2.22. The van der Waals surface area contributed by atoms with E-state index >= 15 is 0 Å². The minimum atomic E-state index is -0.729. The molecule has 3 heteroatoms. The Morgan fingerprint density at radius 2 is 1.26 bits per heavy atom. The van der Waals surface area contributed by atoms with Crippen molar-refractivity contribution in [3.8, 4) is 0 Å². The van der Waals surface area contributed by atoms with Crippen molar-refractivity contribution in [2.75, 3.05) is 0 Å². The van der Waals surface area contributed by atoms with Gasteiger partial charge < -0.3 is 10.2 Å². The van der Waals surface area contributed by atoms with Gasteiger partial charge in [0.25, 0.3) is 0 Å². The minimum absolute atomic E-state index is 0.302. The highest BCUT2D eigenvalue weighted by molar-refractivity contribution is 6.30. The second-order valence-electron chi connectivity index (χ2n) is 4.71. The summed E-state index contributed by atoms with van der Waals surface area (Å²) in [4.78, 5) is 0. The van der Waals surface area contributed by atoms with E-state index in [2.05, 4.69) is 0 Å². The van der Waals surface area contributed by atoms with Gasteiger partial charge in [0, 0.05) is 10.9 Å². The van der Waals surface area contributed by atoms with E-state index in [1.54, 1.807) is 24.3 Å². The lowest BCUT2D eigenvalue weighted by Gasteiger charge is -2.24. The van der Waals surface area contributed by atoms with Gasteiger partial charge in [-0.1, -0.05) is 61.0 Å². The predicted octanol–water partition coefficient (Wildman–Crippen LogP) is 3.74. The number of rotatable bonds is 4. The molecule has 0 unspecified atom stereocenters. The first-order chi connectivity index (χ1) is 9.09. The molecule has 0 aromatic heterocycles. The van der Waals surface area contributed by atoms with Crippen LogP contribution in [0.2, 0.25) is 5.02 Å². The van der Waals surface area contributed by atoms with Crippen LogP contribution in [0.4, 0.5) is 0 Å². The summed E-state index contributed by atoms with van der Waals surface area (Å²) in [5.74, 6) is -0.302. The topological polar surface area (TPSA) is 40.5 Å². The molecule has 0 fully saturated rings. The largest absolute Gasteiger partial charge is 0.388 e. The SMILES string of the molecule is C[C@H]([C@H](O)c1ccccc1)[C@H](O)c1ccc(Cl)cc1. The van der Waals surface area contributed by atoms with E-state index in [9.17, 15) is 10.2 Å². The van der Waals surface area contributed by atoms with Gasteiger partial charge >= 0.3 is 0 Å². The maximum atomic E-state index is 10.3. The molecule has 2 aromatic rings. The zero-order chi connectivity index (χ0) is 13.8. The highest BCUT2D eigenvalue weighted by atomic mass is 35.5. The molecule has 0 amide bonds. The average Bonchev–Trinajstić information content (AvgIpc) is 2.46. The molecule has 2 aromatic carbocycles. The van der Waals surface area contributed by atoms with Crippen molar-refractivity contribution in [1.29, 1.82) is 0 Å². The van der Waals surface area contributed by atoms with Gasteiger partial charge in [-0.2, -0.15) is 0 Å². The third kappa shape index (κ3) is 3.35. The molecule has 3 atom stereocenters. The first kappa shape index (κ1) is 14.1. The third-order valence-corrected chi connectivity index (χ3v) is 3.60. The van der Waals surface area contributed by atoms with Gasteiger partial charge in [0.1, 0.15) is 0 Å². The lowest BCUT2D eigenvalue weighted by atomic mass is 9.89. The lowest BCUT2D eigenvalue weighted by molar-refractivity contribution is 0.0199. The maximum Gasteiger partial charge on any atom is 0.0843 e. The van der Waals surface area contributed by atoms with Crippen molar-refractivity contribution in [1.82, 2.24) is 0 Å². The van der Waals surface area contributed by atoms with Crippen LogP contribution >= 0.6 is 11.6 Å². The first-order valence-corrected chi connectivity index (χ1v) is 6.64. The first-order valence-electron chi connectivity index (χ1n) is 6.26. The number of aliphatic hydroxyl groups is 2. The number of aliphatic hydroxyl groups excluding tert-OH is 2. The highest BCUT2D eigenvalue weighted by Gasteiger charge is 2.24. The Balaban J connectivity index is 2.15. The zero-order valence-corrected chi connectivity index (χ0v) is 11.5. The number of benzene rings is 2. The Morgan fingerprint density at radius 1 is 0.789 bits per heavy atom. The summed E-state index contributed by atoms with van der Waals surface area (Å²) in [6.45, 7) is 1.83. The molecule has 2 rings (SSSR count). The molecular weight excluding hydrogens is 260 g/mol. The van der Waals surface area contributed by atoms with Crippen LogP contribution in [-0.4, -0.2) is 10.2 Å². The second kappa shape index (κ2) is 6.20. The molecule has 0 aliphatic rings. The van der Waals surface area contributed by atoms with Crippen molar-refractivity contribution in [2.24, 2.45) is 5.92 Å². The smallest absolute Gasteiger partial charge is 0.0843 e. The molecule has 0 heterocycles. The van der Waals surface area contributed by atoms with E-state index < -0.39 is 12.2 Å². The number of hydrogen-bond donors (Lipinski definition) is 2. The van der Waals surface area contributed by atoms with Crippen molar-refractivity contribution >= 4 is 11.6 Å². The van der Waals surface area contributed by atoms with Crippen LogP contribution in [0.1, 0.15) is 30.3 Å². The van der Waals surface area contributed by atoms with Gasteiger partial charge in [-0.3, -0.25) is 0 Å². The Labute approximate surface area is 118 Å². The van der Waals surface area contributed by atoms with Gasteiger partial charge in [-0.05, 0) is 23.3 Å². The molecule has 0 aliphatic heterocycles.